The van der Waals surface area contributed by atoms with Crippen molar-refractivity contribution >= 4 is 0 Å². The molecule has 1 aliphatic heterocycles. The van der Waals surface area contributed by atoms with E-state index in [0.717, 1.165) is 32.5 Å². The Morgan fingerprint density at radius 2 is 2.21 bits per heavy atom. The summed E-state index contributed by atoms with van der Waals surface area (Å²) in [4.78, 5) is 2.31. The van der Waals surface area contributed by atoms with Crippen LogP contribution in [0.5, 0.6) is 0 Å². The molecule has 0 bridgehead atoms. The van der Waals surface area contributed by atoms with Gasteiger partial charge in [-0.2, -0.15) is 0 Å². The first-order valence-corrected chi connectivity index (χ1v) is 5.63. The van der Waals surface area contributed by atoms with E-state index in [1.165, 1.54) is 6.42 Å². The first-order chi connectivity index (χ1) is 6.57. The molecule has 0 aromatic carbocycles. The summed E-state index contributed by atoms with van der Waals surface area (Å²) in [7, 11) is 0. The fraction of sp³-hybridized carbons (Fsp3) is 1.00. The maximum absolute atomic E-state index is 9.91. The molecule has 1 aliphatic rings. The van der Waals surface area contributed by atoms with Gasteiger partial charge in [-0.25, -0.2) is 0 Å². The van der Waals surface area contributed by atoms with Gasteiger partial charge in [-0.3, -0.25) is 0 Å². The molecule has 1 rings (SSSR count). The minimum absolute atomic E-state index is 0.294. The van der Waals surface area contributed by atoms with Crippen molar-refractivity contribution in [2.24, 2.45) is 5.92 Å². The average Bonchev–Trinajstić information content (AvgIpc) is 2.53. The molecule has 1 heterocycles. The summed E-state index contributed by atoms with van der Waals surface area (Å²) in [6.07, 6.45) is 2.87. The van der Waals surface area contributed by atoms with Crippen molar-refractivity contribution in [1.82, 2.24) is 4.90 Å². The van der Waals surface area contributed by atoms with Gasteiger partial charge in [0, 0.05) is 19.7 Å². The summed E-state index contributed by atoms with van der Waals surface area (Å²) in [5.41, 5.74) is -0.548. The average molecular weight is 201 g/mol. The molecule has 0 radical (unpaired) electrons. The van der Waals surface area contributed by atoms with Crippen molar-refractivity contribution in [1.29, 1.82) is 0 Å². The van der Waals surface area contributed by atoms with Gasteiger partial charge in [0.1, 0.15) is 0 Å². The van der Waals surface area contributed by atoms with Crippen LogP contribution in [0.15, 0.2) is 0 Å². The van der Waals surface area contributed by atoms with Crippen LogP contribution in [0.3, 0.4) is 0 Å². The highest BCUT2D eigenvalue weighted by Gasteiger charge is 2.27. The van der Waals surface area contributed by atoms with E-state index in [-0.39, 0.29) is 0 Å². The van der Waals surface area contributed by atoms with Crippen LogP contribution in [0.25, 0.3) is 0 Å². The molecule has 2 N–H and O–H groups in total. The fourth-order valence-electron chi connectivity index (χ4n) is 2.07. The maximum Gasteiger partial charge on any atom is 0.0743 e. The summed E-state index contributed by atoms with van der Waals surface area (Å²) >= 11 is 0. The van der Waals surface area contributed by atoms with Crippen LogP contribution in [-0.4, -0.2) is 47.0 Å². The van der Waals surface area contributed by atoms with Crippen molar-refractivity contribution in [3.63, 3.8) is 0 Å². The molecule has 2 unspecified atom stereocenters. The SMILES string of the molecule is CCC(C)(O)CN1CCC(CCO)C1. The summed E-state index contributed by atoms with van der Waals surface area (Å²) in [5.74, 6) is 0.632. The Labute approximate surface area is 86.7 Å². The number of rotatable bonds is 5. The molecule has 3 nitrogen and oxygen atoms in total. The van der Waals surface area contributed by atoms with Crippen LogP contribution < -0.4 is 0 Å². The Morgan fingerprint density at radius 3 is 2.79 bits per heavy atom. The molecule has 0 aromatic rings. The molecule has 0 aromatic heterocycles. The Hall–Kier alpha value is -0.120. The number of hydrogen-bond donors (Lipinski definition) is 2. The molecular weight excluding hydrogens is 178 g/mol. The monoisotopic (exact) mass is 201 g/mol. The first-order valence-electron chi connectivity index (χ1n) is 5.63. The molecule has 3 heteroatoms. The van der Waals surface area contributed by atoms with Crippen molar-refractivity contribution in [2.45, 2.75) is 38.7 Å². The lowest BCUT2D eigenvalue weighted by Gasteiger charge is -2.27. The van der Waals surface area contributed by atoms with E-state index in [1.54, 1.807) is 0 Å². The third-order valence-electron chi connectivity index (χ3n) is 3.23. The molecule has 0 amide bonds. The normalized spacial score (nSPS) is 27.9. The number of β-amino-alcohol motifs (C(OH)–C–C–N with tert-alkyl or cyclic N) is 1. The van der Waals surface area contributed by atoms with Crippen molar-refractivity contribution in [3.05, 3.63) is 0 Å². The zero-order valence-corrected chi connectivity index (χ0v) is 9.37. The standard InChI is InChI=1S/C11H23NO2/c1-3-11(2,14)9-12-6-4-10(8-12)5-7-13/h10,13-14H,3-9H2,1-2H3. The lowest BCUT2D eigenvalue weighted by molar-refractivity contribution is 0.0219. The number of hydrogen-bond acceptors (Lipinski definition) is 3. The smallest absolute Gasteiger partial charge is 0.0743 e. The number of nitrogens with zero attached hydrogens (tertiary/aromatic N) is 1. The van der Waals surface area contributed by atoms with Gasteiger partial charge in [-0.1, -0.05) is 6.92 Å². The van der Waals surface area contributed by atoms with E-state index in [2.05, 4.69) is 4.90 Å². The lowest BCUT2D eigenvalue weighted by Crippen LogP contribution is -2.39. The molecule has 1 saturated heterocycles. The van der Waals surface area contributed by atoms with Crippen LogP contribution in [0.2, 0.25) is 0 Å². The highest BCUT2D eigenvalue weighted by atomic mass is 16.3. The third kappa shape index (κ3) is 3.56. The van der Waals surface area contributed by atoms with E-state index >= 15 is 0 Å². The van der Waals surface area contributed by atoms with Crippen molar-refractivity contribution < 1.29 is 10.2 Å². The van der Waals surface area contributed by atoms with E-state index in [1.807, 2.05) is 13.8 Å². The van der Waals surface area contributed by atoms with Gasteiger partial charge in [-0.15, -0.1) is 0 Å². The first kappa shape index (κ1) is 12.0. The van der Waals surface area contributed by atoms with Crippen molar-refractivity contribution in [2.75, 3.05) is 26.2 Å². The largest absolute Gasteiger partial charge is 0.396 e. The van der Waals surface area contributed by atoms with Gasteiger partial charge in [0.25, 0.3) is 0 Å². The fourth-order valence-corrected chi connectivity index (χ4v) is 2.07. The third-order valence-corrected chi connectivity index (χ3v) is 3.23. The topological polar surface area (TPSA) is 43.7 Å². The van der Waals surface area contributed by atoms with Gasteiger partial charge in [-0.05, 0) is 38.6 Å². The van der Waals surface area contributed by atoms with Gasteiger partial charge >= 0.3 is 0 Å². The molecule has 1 fully saturated rings. The summed E-state index contributed by atoms with van der Waals surface area (Å²) in [6.45, 7) is 7.08. The highest BCUT2D eigenvalue weighted by Crippen LogP contribution is 2.21. The Kier molecular flexibility index (Phi) is 4.35. The molecule has 0 aliphatic carbocycles. The maximum atomic E-state index is 9.91. The number of aliphatic hydroxyl groups excluding tert-OH is 1. The van der Waals surface area contributed by atoms with Gasteiger partial charge in [0.2, 0.25) is 0 Å². The molecule has 84 valence electrons. The van der Waals surface area contributed by atoms with E-state index in [4.69, 9.17) is 5.11 Å². The highest BCUT2D eigenvalue weighted by molar-refractivity contribution is 4.82. The molecule has 0 saturated carbocycles. The molecule has 2 atom stereocenters. The van der Waals surface area contributed by atoms with Crippen LogP contribution in [0.4, 0.5) is 0 Å². The predicted octanol–water partition coefficient (Wildman–Crippen LogP) is 0.852. The minimum atomic E-state index is -0.548. The second kappa shape index (κ2) is 5.10. The number of likely N-dealkylation sites (tertiary alicyclic amines) is 1. The van der Waals surface area contributed by atoms with Crippen LogP contribution in [0.1, 0.15) is 33.1 Å². The Balaban J connectivity index is 2.28. The summed E-state index contributed by atoms with van der Waals surface area (Å²) in [5, 5.41) is 18.7. The lowest BCUT2D eigenvalue weighted by atomic mass is 10.0. The number of aliphatic hydroxyl groups is 2. The second-order valence-electron chi connectivity index (χ2n) is 4.75. The van der Waals surface area contributed by atoms with E-state index < -0.39 is 5.60 Å². The Morgan fingerprint density at radius 1 is 1.50 bits per heavy atom. The van der Waals surface area contributed by atoms with Gasteiger partial charge in [0.15, 0.2) is 0 Å². The minimum Gasteiger partial charge on any atom is -0.396 e. The molecule has 0 spiro atoms. The van der Waals surface area contributed by atoms with E-state index in [0.29, 0.717) is 12.5 Å². The zero-order chi connectivity index (χ0) is 10.6. The van der Waals surface area contributed by atoms with Crippen LogP contribution in [0, 0.1) is 5.92 Å². The van der Waals surface area contributed by atoms with Crippen molar-refractivity contribution in [3.8, 4) is 0 Å². The van der Waals surface area contributed by atoms with Gasteiger partial charge < -0.3 is 15.1 Å². The molecule has 14 heavy (non-hydrogen) atoms. The predicted molar refractivity (Wildman–Crippen MR) is 57.2 cm³/mol. The summed E-state index contributed by atoms with van der Waals surface area (Å²) < 4.78 is 0. The van der Waals surface area contributed by atoms with Crippen LogP contribution in [-0.2, 0) is 0 Å². The Bertz CT molecular complexity index is 171. The quantitative estimate of drug-likeness (QED) is 0.693. The van der Waals surface area contributed by atoms with Gasteiger partial charge in [0.05, 0.1) is 5.60 Å². The summed E-state index contributed by atoms with van der Waals surface area (Å²) in [6, 6.07) is 0. The van der Waals surface area contributed by atoms with E-state index in [9.17, 15) is 5.11 Å². The van der Waals surface area contributed by atoms with Crippen LogP contribution >= 0.6 is 0 Å². The zero-order valence-electron chi connectivity index (χ0n) is 9.37. The second-order valence-corrected chi connectivity index (χ2v) is 4.75. The molecular formula is C11H23NO2.